The molecule has 54 valence electrons. The van der Waals surface area contributed by atoms with Crippen molar-refractivity contribution in [3.63, 3.8) is 0 Å². The van der Waals surface area contributed by atoms with Crippen LogP contribution < -0.4 is 0 Å². The third-order valence-electron chi connectivity index (χ3n) is 1.68. The number of nitrogens with one attached hydrogen (secondary N) is 1. The van der Waals surface area contributed by atoms with E-state index in [0.29, 0.717) is 0 Å². The summed E-state index contributed by atoms with van der Waals surface area (Å²) in [4.78, 5) is 2.87. The lowest BCUT2D eigenvalue weighted by molar-refractivity contribution is 0.598. The Morgan fingerprint density at radius 2 is 1.70 bits per heavy atom. The summed E-state index contributed by atoms with van der Waals surface area (Å²) in [7, 11) is -2.78. The summed E-state index contributed by atoms with van der Waals surface area (Å²) in [6.45, 7) is 0. The molecule has 0 aliphatic carbocycles. The fourth-order valence-electron chi connectivity index (χ4n) is 1.22. The Labute approximate surface area is 59.0 Å². The first-order valence-corrected chi connectivity index (χ1v) is 4.84. The first-order valence-electron chi connectivity index (χ1n) is 3.02. The molecule has 2 rings (SSSR count). The van der Waals surface area contributed by atoms with E-state index in [1.807, 2.05) is 0 Å². The van der Waals surface area contributed by atoms with Crippen molar-refractivity contribution in [2.45, 2.75) is 11.5 Å². The largest absolute Gasteiger partial charge is 0.367 e. The number of aromatic nitrogens is 1. The maximum Gasteiger partial charge on any atom is 0.158 e. The van der Waals surface area contributed by atoms with Gasteiger partial charge in [-0.15, -0.1) is 0 Å². The Balaban J connectivity index is 2.56. The average molecular weight is 157 g/mol. The van der Waals surface area contributed by atoms with E-state index in [1.165, 1.54) is 0 Å². The van der Waals surface area contributed by atoms with Gasteiger partial charge in [-0.05, 0) is 11.1 Å². The molecule has 0 fully saturated rings. The zero-order chi connectivity index (χ0) is 7.19. The van der Waals surface area contributed by atoms with Gasteiger partial charge in [-0.2, -0.15) is 0 Å². The number of H-pyrrole nitrogens is 1. The third kappa shape index (κ3) is 0.759. The van der Waals surface area contributed by atoms with Crippen LogP contribution in [-0.2, 0) is 21.3 Å². The molecule has 0 spiro atoms. The van der Waals surface area contributed by atoms with Gasteiger partial charge in [0.2, 0.25) is 0 Å². The smallest absolute Gasteiger partial charge is 0.158 e. The summed E-state index contributed by atoms with van der Waals surface area (Å²) < 4.78 is 21.9. The van der Waals surface area contributed by atoms with Crippen LogP contribution in [0.25, 0.3) is 0 Å². The van der Waals surface area contributed by atoms with Crippen molar-refractivity contribution in [3.05, 3.63) is 23.5 Å². The predicted molar refractivity (Wildman–Crippen MR) is 37.1 cm³/mol. The van der Waals surface area contributed by atoms with Gasteiger partial charge < -0.3 is 4.98 Å². The third-order valence-corrected chi connectivity index (χ3v) is 3.18. The van der Waals surface area contributed by atoms with Crippen molar-refractivity contribution in [1.82, 2.24) is 4.98 Å². The van der Waals surface area contributed by atoms with Gasteiger partial charge in [0, 0.05) is 12.4 Å². The van der Waals surface area contributed by atoms with Crippen molar-refractivity contribution < 1.29 is 8.42 Å². The number of hydrogen-bond donors (Lipinski definition) is 1. The number of rotatable bonds is 0. The Bertz CT molecular complexity index is 323. The molecule has 0 amide bonds. The highest BCUT2D eigenvalue weighted by molar-refractivity contribution is 7.90. The number of sulfone groups is 1. The monoisotopic (exact) mass is 157 g/mol. The minimum Gasteiger partial charge on any atom is -0.367 e. The highest BCUT2D eigenvalue weighted by Crippen LogP contribution is 2.23. The summed E-state index contributed by atoms with van der Waals surface area (Å²) in [5, 5.41) is 0. The van der Waals surface area contributed by atoms with E-state index >= 15 is 0 Å². The molecule has 0 bridgehead atoms. The summed E-state index contributed by atoms with van der Waals surface area (Å²) in [6.07, 6.45) is 3.50. The highest BCUT2D eigenvalue weighted by atomic mass is 32.2. The van der Waals surface area contributed by atoms with Crippen LogP contribution in [0.4, 0.5) is 0 Å². The minimum absolute atomic E-state index is 0.214. The molecule has 1 aliphatic rings. The first kappa shape index (κ1) is 5.97. The van der Waals surface area contributed by atoms with E-state index in [4.69, 9.17) is 0 Å². The van der Waals surface area contributed by atoms with Gasteiger partial charge in [-0.1, -0.05) is 0 Å². The lowest BCUT2D eigenvalue weighted by Gasteiger charge is -1.86. The highest BCUT2D eigenvalue weighted by Gasteiger charge is 2.24. The van der Waals surface area contributed by atoms with Crippen molar-refractivity contribution in [2.24, 2.45) is 0 Å². The van der Waals surface area contributed by atoms with Crippen LogP contribution in [0.3, 0.4) is 0 Å². The molecule has 1 aromatic heterocycles. The van der Waals surface area contributed by atoms with Crippen molar-refractivity contribution in [1.29, 1.82) is 0 Å². The van der Waals surface area contributed by atoms with E-state index in [2.05, 4.69) is 4.98 Å². The normalized spacial score (nSPS) is 20.8. The van der Waals surface area contributed by atoms with E-state index in [0.717, 1.165) is 11.1 Å². The number of hydrogen-bond acceptors (Lipinski definition) is 2. The average Bonchev–Trinajstić information content (AvgIpc) is 2.20. The lowest BCUT2D eigenvalue weighted by Crippen LogP contribution is -1.96. The Morgan fingerprint density at radius 3 is 2.20 bits per heavy atom. The second-order valence-corrected chi connectivity index (χ2v) is 4.60. The zero-order valence-corrected chi connectivity index (χ0v) is 6.11. The predicted octanol–water partition coefficient (Wildman–Crippen LogP) is 0.443. The van der Waals surface area contributed by atoms with Crippen LogP contribution in [0, 0.1) is 0 Å². The number of aromatic amines is 1. The van der Waals surface area contributed by atoms with Gasteiger partial charge in [0.1, 0.15) is 0 Å². The molecular weight excluding hydrogens is 150 g/mol. The van der Waals surface area contributed by atoms with Crippen molar-refractivity contribution in [3.8, 4) is 0 Å². The summed E-state index contributed by atoms with van der Waals surface area (Å²) in [5.74, 6) is 0.428. The summed E-state index contributed by atoms with van der Waals surface area (Å²) in [6, 6.07) is 0. The minimum atomic E-state index is -2.78. The fourth-order valence-corrected chi connectivity index (χ4v) is 2.81. The first-order chi connectivity index (χ1) is 4.67. The molecule has 4 heteroatoms. The fraction of sp³-hybridized carbons (Fsp3) is 0.333. The van der Waals surface area contributed by atoms with Crippen LogP contribution in [-0.4, -0.2) is 13.4 Å². The lowest BCUT2D eigenvalue weighted by atomic mass is 10.2. The zero-order valence-electron chi connectivity index (χ0n) is 5.29. The van der Waals surface area contributed by atoms with Gasteiger partial charge in [-0.3, -0.25) is 0 Å². The van der Waals surface area contributed by atoms with E-state index < -0.39 is 9.84 Å². The van der Waals surface area contributed by atoms with Gasteiger partial charge in [0.25, 0.3) is 0 Å². The van der Waals surface area contributed by atoms with E-state index in [-0.39, 0.29) is 11.5 Å². The van der Waals surface area contributed by atoms with Crippen LogP contribution in [0.5, 0.6) is 0 Å². The topological polar surface area (TPSA) is 49.9 Å². The van der Waals surface area contributed by atoms with Crippen LogP contribution in [0.2, 0.25) is 0 Å². The SMILES string of the molecule is O=S1(=O)Cc2c[nH]cc2C1. The molecule has 0 saturated carbocycles. The maximum atomic E-state index is 10.9. The van der Waals surface area contributed by atoms with Crippen molar-refractivity contribution in [2.75, 3.05) is 0 Å². The molecule has 0 radical (unpaired) electrons. The van der Waals surface area contributed by atoms with Gasteiger partial charge in [0.15, 0.2) is 9.84 Å². The second kappa shape index (κ2) is 1.63. The Kier molecular flexibility index (Phi) is 0.976. The van der Waals surface area contributed by atoms with Gasteiger partial charge in [0.05, 0.1) is 11.5 Å². The van der Waals surface area contributed by atoms with E-state index in [9.17, 15) is 8.42 Å². The van der Waals surface area contributed by atoms with Gasteiger partial charge in [-0.25, -0.2) is 8.42 Å². The molecule has 2 heterocycles. The van der Waals surface area contributed by atoms with Crippen LogP contribution in [0.15, 0.2) is 12.4 Å². The summed E-state index contributed by atoms with van der Waals surface area (Å²) >= 11 is 0. The standard InChI is InChI=1S/C6H7NO2S/c8-10(9)3-5-1-7-2-6(5)4-10/h1-2,7H,3-4H2. The molecule has 1 aliphatic heterocycles. The number of fused-ring (bicyclic) bond motifs is 1. The maximum absolute atomic E-state index is 10.9. The van der Waals surface area contributed by atoms with Gasteiger partial charge >= 0.3 is 0 Å². The van der Waals surface area contributed by atoms with E-state index in [1.54, 1.807) is 12.4 Å². The van der Waals surface area contributed by atoms with Crippen molar-refractivity contribution >= 4 is 9.84 Å². The van der Waals surface area contributed by atoms with Crippen LogP contribution in [0.1, 0.15) is 11.1 Å². The molecule has 1 aromatic rings. The summed E-state index contributed by atoms with van der Waals surface area (Å²) in [5.41, 5.74) is 1.86. The molecule has 0 aromatic carbocycles. The Morgan fingerprint density at radius 1 is 1.20 bits per heavy atom. The Hall–Kier alpha value is -0.770. The molecule has 3 nitrogen and oxygen atoms in total. The molecule has 1 N–H and O–H groups in total. The molecule has 10 heavy (non-hydrogen) atoms. The second-order valence-electron chi connectivity index (χ2n) is 2.54. The quantitative estimate of drug-likeness (QED) is 0.594. The molecule has 0 atom stereocenters. The molecular formula is C6H7NO2S. The van der Waals surface area contributed by atoms with Crippen LogP contribution >= 0.6 is 0 Å². The molecule has 0 unspecified atom stereocenters. The molecule has 0 saturated heterocycles.